The third-order valence-electron chi connectivity index (χ3n) is 4.43. The van der Waals surface area contributed by atoms with Crippen molar-refractivity contribution in [3.63, 3.8) is 0 Å². The molecule has 0 saturated carbocycles. The minimum Gasteiger partial charge on any atom is -0.354 e. The summed E-state index contributed by atoms with van der Waals surface area (Å²) in [6, 6.07) is 17.7. The number of benzene rings is 2. The normalized spacial score (nSPS) is 10.9. The predicted octanol–water partition coefficient (Wildman–Crippen LogP) is 3.92. The van der Waals surface area contributed by atoms with Gasteiger partial charge in [0.15, 0.2) is 5.43 Å². The molecule has 2 aromatic carbocycles. The first kappa shape index (κ1) is 17.3. The van der Waals surface area contributed by atoms with Gasteiger partial charge in [0.05, 0.1) is 10.9 Å². The molecule has 0 radical (unpaired) electrons. The van der Waals surface area contributed by atoms with Crippen molar-refractivity contribution in [2.45, 2.75) is 13.0 Å². The molecule has 0 aliphatic rings. The zero-order valence-corrected chi connectivity index (χ0v) is 14.6. The van der Waals surface area contributed by atoms with Gasteiger partial charge in [-0.05, 0) is 36.7 Å². The quantitative estimate of drug-likeness (QED) is 0.584. The Labute approximate surface area is 151 Å². The molecule has 0 spiro atoms. The van der Waals surface area contributed by atoms with Gasteiger partial charge in [-0.3, -0.25) is 4.79 Å². The Morgan fingerprint density at radius 1 is 1.04 bits per heavy atom. The number of nitrogens with two attached hydrogens (primary N) is 1. The standard InChI is InChI=1S/C20H19N3O.ClH/c21-10-4-11-23-12-9-15-18(23)8-7-16-20(15)19(24)13-17(22-16)14-5-2-1-3-6-14;/h1-3,5-9,12-13H,4,10-11,21H2,(H,22,24);1H. The van der Waals surface area contributed by atoms with E-state index >= 15 is 0 Å². The summed E-state index contributed by atoms with van der Waals surface area (Å²) in [5, 5.41) is 1.74. The number of nitrogens with one attached hydrogen (secondary N) is 1. The molecule has 2 aromatic heterocycles. The molecule has 128 valence electrons. The second-order valence-electron chi connectivity index (χ2n) is 5.99. The second-order valence-corrected chi connectivity index (χ2v) is 5.99. The largest absolute Gasteiger partial charge is 0.354 e. The highest BCUT2D eigenvalue weighted by atomic mass is 35.5. The van der Waals surface area contributed by atoms with Gasteiger partial charge in [-0.25, -0.2) is 0 Å². The Morgan fingerprint density at radius 3 is 2.60 bits per heavy atom. The van der Waals surface area contributed by atoms with Crippen molar-refractivity contribution < 1.29 is 0 Å². The number of halogens is 1. The number of hydrogen-bond acceptors (Lipinski definition) is 2. The van der Waals surface area contributed by atoms with Crippen LogP contribution >= 0.6 is 12.4 Å². The molecule has 0 fully saturated rings. The maximum Gasteiger partial charge on any atom is 0.190 e. The summed E-state index contributed by atoms with van der Waals surface area (Å²) in [7, 11) is 0. The zero-order chi connectivity index (χ0) is 16.5. The summed E-state index contributed by atoms with van der Waals surface area (Å²) in [6.07, 6.45) is 2.95. The van der Waals surface area contributed by atoms with Crippen LogP contribution in [0, 0.1) is 0 Å². The van der Waals surface area contributed by atoms with E-state index in [-0.39, 0.29) is 17.8 Å². The Hall–Kier alpha value is -2.56. The van der Waals surface area contributed by atoms with Crippen molar-refractivity contribution in [2.24, 2.45) is 5.73 Å². The molecule has 3 N–H and O–H groups in total. The van der Waals surface area contributed by atoms with Crippen LogP contribution in [0.4, 0.5) is 0 Å². The lowest BCUT2D eigenvalue weighted by Crippen LogP contribution is -2.06. The SMILES string of the molecule is Cl.NCCCn1ccc2c3c(=O)cc(-c4ccccc4)[nH]c3ccc21. The highest BCUT2D eigenvalue weighted by Gasteiger charge is 2.10. The molecule has 0 saturated heterocycles. The van der Waals surface area contributed by atoms with Crippen LogP contribution < -0.4 is 11.2 Å². The molecular formula is C20H20ClN3O. The van der Waals surface area contributed by atoms with Gasteiger partial charge in [0, 0.05) is 35.4 Å². The maximum atomic E-state index is 12.8. The van der Waals surface area contributed by atoms with E-state index in [1.54, 1.807) is 6.07 Å². The van der Waals surface area contributed by atoms with E-state index < -0.39 is 0 Å². The molecule has 5 heteroatoms. The van der Waals surface area contributed by atoms with Crippen molar-refractivity contribution in [1.82, 2.24) is 9.55 Å². The average Bonchev–Trinajstić information content (AvgIpc) is 3.03. The lowest BCUT2D eigenvalue weighted by Gasteiger charge is -2.07. The van der Waals surface area contributed by atoms with E-state index in [9.17, 15) is 4.79 Å². The third-order valence-corrected chi connectivity index (χ3v) is 4.43. The van der Waals surface area contributed by atoms with Crippen LogP contribution in [0.3, 0.4) is 0 Å². The number of nitrogens with zero attached hydrogens (tertiary/aromatic N) is 1. The van der Waals surface area contributed by atoms with Crippen LogP contribution in [0.15, 0.2) is 65.6 Å². The van der Waals surface area contributed by atoms with E-state index in [2.05, 4.69) is 15.6 Å². The Kier molecular flexibility index (Phi) is 4.93. The van der Waals surface area contributed by atoms with Gasteiger partial charge in [-0.1, -0.05) is 30.3 Å². The maximum absolute atomic E-state index is 12.8. The van der Waals surface area contributed by atoms with Crippen LogP contribution in [0.2, 0.25) is 0 Å². The Morgan fingerprint density at radius 2 is 1.84 bits per heavy atom. The topological polar surface area (TPSA) is 63.8 Å². The molecule has 4 rings (SSSR count). The van der Waals surface area contributed by atoms with Gasteiger partial charge in [0.2, 0.25) is 0 Å². The van der Waals surface area contributed by atoms with Crippen LogP contribution in [0.25, 0.3) is 33.1 Å². The third kappa shape index (κ3) is 3.06. The van der Waals surface area contributed by atoms with Gasteiger partial charge in [0.25, 0.3) is 0 Å². The van der Waals surface area contributed by atoms with Crippen molar-refractivity contribution >= 4 is 34.2 Å². The lowest BCUT2D eigenvalue weighted by molar-refractivity contribution is 0.671. The van der Waals surface area contributed by atoms with Crippen molar-refractivity contribution in [1.29, 1.82) is 0 Å². The highest BCUT2D eigenvalue weighted by molar-refractivity contribution is 6.05. The summed E-state index contributed by atoms with van der Waals surface area (Å²) in [5.41, 5.74) is 9.45. The number of aromatic amines is 1. The van der Waals surface area contributed by atoms with Crippen molar-refractivity contribution in [3.05, 3.63) is 71.0 Å². The summed E-state index contributed by atoms with van der Waals surface area (Å²) in [4.78, 5) is 16.2. The molecule has 0 amide bonds. The monoisotopic (exact) mass is 353 g/mol. The fourth-order valence-electron chi connectivity index (χ4n) is 3.26. The number of aromatic nitrogens is 2. The lowest BCUT2D eigenvalue weighted by atomic mass is 10.1. The van der Waals surface area contributed by atoms with Gasteiger partial charge in [0.1, 0.15) is 0 Å². The number of hydrogen-bond donors (Lipinski definition) is 2. The zero-order valence-electron chi connectivity index (χ0n) is 13.7. The van der Waals surface area contributed by atoms with E-state index in [4.69, 9.17) is 5.73 Å². The van der Waals surface area contributed by atoms with Gasteiger partial charge < -0.3 is 15.3 Å². The van der Waals surface area contributed by atoms with Gasteiger partial charge in [-0.15, -0.1) is 12.4 Å². The smallest absolute Gasteiger partial charge is 0.190 e. The first-order chi connectivity index (χ1) is 11.8. The fourth-order valence-corrected chi connectivity index (χ4v) is 3.26. The molecule has 25 heavy (non-hydrogen) atoms. The molecule has 4 nitrogen and oxygen atoms in total. The molecule has 0 bridgehead atoms. The number of H-pyrrole nitrogens is 1. The first-order valence-electron chi connectivity index (χ1n) is 8.18. The Balaban J connectivity index is 0.00000182. The summed E-state index contributed by atoms with van der Waals surface area (Å²) >= 11 is 0. The molecule has 4 aromatic rings. The minimum atomic E-state index is 0. The molecule has 0 atom stereocenters. The van der Waals surface area contributed by atoms with Crippen molar-refractivity contribution in [3.8, 4) is 11.3 Å². The molecule has 0 aliphatic heterocycles. The summed E-state index contributed by atoms with van der Waals surface area (Å²) < 4.78 is 2.16. The van der Waals surface area contributed by atoms with Gasteiger partial charge >= 0.3 is 0 Å². The predicted molar refractivity (Wildman–Crippen MR) is 106 cm³/mol. The van der Waals surface area contributed by atoms with Crippen LogP contribution in [-0.2, 0) is 6.54 Å². The summed E-state index contributed by atoms with van der Waals surface area (Å²) in [6.45, 7) is 1.53. The molecule has 0 aliphatic carbocycles. The fraction of sp³-hybridized carbons (Fsp3) is 0.150. The first-order valence-corrected chi connectivity index (χ1v) is 8.18. The average molecular weight is 354 g/mol. The minimum absolute atomic E-state index is 0. The van der Waals surface area contributed by atoms with E-state index in [0.29, 0.717) is 6.54 Å². The van der Waals surface area contributed by atoms with Gasteiger partial charge in [-0.2, -0.15) is 0 Å². The molecule has 0 unspecified atom stereocenters. The van der Waals surface area contributed by atoms with Crippen LogP contribution in [0.1, 0.15) is 6.42 Å². The molecule has 2 heterocycles. The summed E-state index contributed by atoms with van der Waals surface area (Å²) in [5.74, 6) is 0. The number of aryl methyl sites for hydroxylation is 1. The molecular weight excluding hydrogens is 334 g/mol. The number of pyridine rings is 1. The van der Waals surface area contributed by atoms with Crippen LogP contribution in [-0.4, -0.2) is 16.1 Å². The van der Waals surface area contributed by atoms with Crippen LogP contribution in [0.5, 0.6) is 0 Å². The highest BCUT2D eigenvalue weighted by Crippen LogP contribution is 2.25. The van der Waals surface area contributed by atoms with E-state index in [0.717, 1.165) is 46.0 Å². The van der Waals surface area contributed by atoms with Crippen molar-refractivity contribution in [2.75, 3.05) is 6.54 Å². The Bertz CT molecular complexity index is 1070. The number of rotatable bonds is 4. The van der Waals surface area contributed by atoms with E-state index in [1.165, 1.54) is 0 Å². The second kappa shape index (κ2) is 7.13. The van der Waals surface area contributed by atoms with E-state index in [1.807, 2.05) is 48.7 Å². The number of fused-ring (bicyclic) bond motifs is 3.